The fourth-order valence-electron chi connectivity index (χ4n) is 7.99. The Bertz CT molecular complexity index is 1300. The summed E-state index contributed by atoms with van der Waals surface area (Å²) in [6.45, 7) is 4.88. The summed E-state index contributed by atoms with van der Waals surface area (Å²) in [7, 11) is 0. The smallest absolute Gasteiger partial charge is 0.298 e. The molecule has 3 nitrogen and oxygen atoms in total. The zero-order valence-corrected chi connectivity index (χ0v) is 21.4. The summed E-state index contributed by atoms with van der Waals surface area (Å²) in [5.41, 5.74) is 3.08. The van der Waals surface area contributed by atoms with Gasteiger partial charge in [-0.15, -0.1) is 0 Å². The van der Waals surface area contributed by atoms with Gasteiger partial charge in [0.2, 0.25) is 0 Å². The molecule has 0 heterocycles. The minimum absolute atomic E-state index is 0.0355. The number of alkyl halides is 3. The molecule has 1 aromatic rings. The van der Waals surface area contributed by atoms with Gasteiger partial charge in [0.25, 0.3) is 0 Å². The Morgan fingerprint density at radius 3 is 2.35 bits per heavy atom. The zero-order valence-electron chi connectivity index (χ0n) is 21.4. The fraction of sp³-hybridized carbons (Fsp3) is 0.516. The first-order valence-electron chi connectivity index (χ1n) is 13.1. The van der Waals surface area contributed by atoms with E-state index in [-0.39, 0.29) is 35.1 Å². The Hall–Kier alpha value is -2.94. The lowest BCUT2D eigenvalue weighted by Crippen LogP contribution is -2.50. The quantitative estimate of drug-likeness (QED) is 0.329. The summed E-state index contributed by atoms with van der Waals surface area (Å²) in [6.07, 6.45) is 1.28. The average Bonchev–Trinajstić information content (AvgIpc) is 3.14. The second-order valence-electron chi connectivity index (χ2n) is 11.4. The van der Waals surface area contributed by atoms with Gasteiger partial charge in [0.05, 0.1) is 5.41 Å². The van der Waals surface area contributed by atoms with Crippen LogP contribution < -0.4 is 0 Å². The molecule has 5 rings (SSSR count). The molecule has 0 saturated heterocycles. The van der Waals surface area contributed by atoms with E-state index in [1.54, 1.807) is 18.2 Å². The van der Waals surface area contributed by atoms with E-state index in [0.717, 1.165) is 24.0 Å². The Morgan fingerprint density at radius 2 is 1.73 bits per heavy atom. The van der Waals surface area contributed by atoms with Crippen molar-refractivity contribution in [3.63, 3.8) is 0 Å². The van der Waals surface area contributed by atoms with Crippen LogP contribution in [0.5, 0.6) is 0 Å². The van der Waals surface area contributed by atoms with Crippen molar-refractivity contribution in [2.45, 2.75) is 77.8 Å². The van der Waals surface area contributed by atoms with Crippen LogP contribution in [0.4, 0.5) is 13.2 Å². The zero-order chi connectivity index (χ0) is 26.8. The van der Waals surface area contributed by atoms with E-state index in [1.807, 2.05) is 19.1 Å². The molecule has 2 fully saturated rings. The Kier molecular flexibility index (Phi) is 6.13. The van der Waals surface area contributed by atoms with E-state index in [9.17, 15) is 27.6 Å². The van der Waals surface area contributed by atoms with Crippen LogP contribution >= 0.6 is 0 Å². The molecule has 5 atom stereocenters. The van der Waals surface area contributed by atoms with E-state index in [4.69, 9.17) is 0 Å². The summed E-state index contributed by atoms with van der Waals surface area (Å²) < 4.78 is 39.8. The summed E-state index contributed by atoms with van der Waals surface area (Å²) in [5, 5.41) is 0. The maximum Gasteiger partial charge on any atom is 0.457 e. The number of halogens is 3. The second-order valence-corrected chi connectivity index (χ2v) is 11.4. The number of Topliss-reactive ketones (excluding diaryl/α,β-unsaturated/α-hetero) is 2. The van der Waals surface area contributed by atoms with E-state index < -0.39 is 17.0 Å². The first kappa shape index (κ1) is 25.7. The molecule has 0 aromatic heterocycles. The van der Waals surface area contributed by atoms with E-state index in [1.165, 1.54) is 30.9 Å². The van der Waals surface area contributed by atoms with Crippen molar-refractivity contribution in [1.82, 2.24) is 0 Å². The van der Waals surface area contributed by atoms with Crippen LogP contribution in [-0.4, -0.2) is 23.5 Å². The minimum Gasteiger partial charge on any atom is -0.298 e. The first-order valence-corrected chi connectivity index (χ1v) is 13.1. The maximum atomic E-state index is 13.3. The summed E-state index contributed by atoms with van der Waals surface area (Å²) >= 11 is 0. The third-order valence-electron chi connectivity index (χ3n) is 9.67. The third kappa shape index (κ3) is 4.11. The predicted molar refractivity (Wildman–Crippen MR) is 134 cm³/mol. The number of fused-ring (bicyclic) bond motifs is 4. The van der Waals surface area contributed by atoms with Crippen LogP contribution in [0.25, 0.3) is 0 Å². The van der Waals surface area contributed by atoms with Gasteiger partial charge in [-0.05, 0) is 92.4 Å². The highest BCUT2D eigenvalue weighted by molar-refractivity contribution is 5.94. The number of allylic oxidation sites excluding steroid dienone is 4. The first-order chi connectivity index (χ1) is 17.4. The SMILES string of the molecule is CC(=O)c1ccc([C@H]2C[C@@]3(C)[C@@H](CC[C@]3(C#CC(F)(F)F)C(C)=O)[C@@H]3CCC4=CC(=O)CCC4=C32)cc1. The highest BCUT2D eigenvalue weighted by atomic mass is 19.4. The normalized spacial score (nSPS) is 33.0. The number of ketones is 3. The van der Waals surface area contributed by atoms with Gasteiger partial charge in [0, 0.05) is 23.8 Å². The Balaban J connectivity index is 1.70. The standard InChI is InChI=1S/C31H31F3O3/c1-18(35)20-4-6-21(7-5-20)26-17-29(3)27(12-13-30(29,19(2)36)14-15-31(32,33)34)25-10-8-22-16-23(37)9-11-24(22)28(25)26/h4-7,16,25-27H,8-13,17H2,1-3H3/t25-,26+,27-,29-,30-/m0/s1. The van der Waals surface area contributed by atoms with Crippen molar-refractivity contribution in [3.8, 4) is 11.8 Å². The molecule has 0 bridgehead atoms. The highest BCUT2D eigenvalue weighted by Gasteiger charge is 2.65. The molecular weight excluding hydrogens is 477 g/mol. The number of hydrogen-bond acceptors (Lipinski definition) is 3. The van der Waals surface area contributed by atoms with E-state index in [0.29, 0.717) is 37.7 Å². The van der Waals surface area contributed by atoms with Crippen molar-refractivity contribution in [2.24, 2.45) is 22.7 Å². The van der Waals surface area contributed by atoms with Gasteiger partial charge in [0.1, 0.15) is 5.78 Å². The molecule has 0 radical (unpaired) electrons. The number of carbonyl (C=O) groups excluding carboxylic acids is 3. The van der Waals surface area contributed by atoms with Crippen molar-refractivity contribution >= 4 is 17.3 Å². The number of benzene rings is 1. The molecule has 6 heteroatoms. The molecule has 194 valence electrons. The topological polar surface area (TPSA) is 51.2 Å². The molecule has 4 aliphatic carbocycles. The number of carbonyl (C=O) groups is 3. The van der Waals surface area contributed by atoms with Crippen molar-refractivity contribution < 1.29 is 27.6 Å². The summed E-state index contributed by atoms with van der Waals surface area (Å²) in [5.74, 6) is 3.80. The van der Waals surface area contributed by atoms with Crippen LogP contribution in [0.15, 0.2) is 47.1 Å². The minimum atomic E-state index is -4.67. The monoisotopic (exact) mass is 508 g/mol. The number of rotatable bonds is 3. The van der Waals surface area contributed by atoms with Crippen LogP contribution in [0.1, 0.15) is 87.6 Å². The van der Waals surface area contributed by atoms with Crippen molar-refractivity contribution in [3.05, 3.63) is 58.2 Å². The molecular formula is C31H31F3O3. The molecule has 1 aromatic carbocycles. The molecule has 0 N–H and O–H groups in total. The largest absolute Gasteiger partial charge is 0.457 e. The molecule has 2 saturated carbocycles. The second kappa shape index (κ2) is 8.82. The highest BCUT2D eigenvalue weighted by Crippen LogP contribution is 2.69. The molecule has 0 unspecified atom stereocenters. The van der Waals surface area contributed by atoms with Crippen LogP contribution in [0.3, 0.4) is 0 Å². The fourth-order valence-corrected chi connectivity index (χ4v) is 7.99. The van der Waals surface area contributed by atoms with Crippen LogP contribution in [0, 0.1) is 34.5 Å². The molecule has 37 heavy (non-hydrogen) atoms. The summed E-state index contributed by atoms with van der Waals surface area (Å²) in [4.78, 5) is 37.3. The molecule has 4 aliphatic rings. The van der Waals surface area contributed by atoms with Crippen molar-refractivity contribution in [2.75, 3.05) is 0 Å². The van der Waals surface area contributed by atoms with E-state index in [2.05, 4.69) is 5.92 Å². The molecule has 0 amide bonds. The van der Waals surface area contributed by atoms with Crippen LogP contribution in [0.2, 0.25) is 0 Å². The average molecular weight is 509 g/mol. The maximum absolute atomic E-state index is 13.3. The van der Waals surface area contributed by atoms with Gasteiger partial charge in [-0.1, -0.05) is 42.7 Å². The molecule has 0 spiro atoms. The number of hydrogen-bond donors (Lipinski definition) is 0. The van der Waals surface area contributed by atoms with Gasteiger partial charge in [0.15, 0.2) is 11.6 Å². The van der Waals surface area contributed by atoms with Crippen molar-refractivity contribution in [1.29, 1.82) is 0 Å². The predicted octanol–water partition coefficient (Wildman–Crippen LogP) is 6.93. The van der Waals surface area contributed by atoms with E-state index >= 15 is 0 Å². The lowest BCUT2D eigenvalue weighted by atomic mass is 9.48. The summed E-state index contributed by atoms with van der Waals surface area (Å²) in [6, 6.07) is 7.47. The van der Waals surface area contributed by atoms with Crippen LogP contribution in [-0.2, 0) is 9.59 Å². The van der Waals surface area contributed by atoms with Gasteiger partial charge in [-0.2, -0.15) is 13.2 Å². The lowest BCUT2D eigenvalue weighted by Gasteiger charge is -2.54. The van der Waals surface area contributed by atoms with Gasteiger partial charge < -0.3 is 0 Å². The Morgan fingerprint density at radius 1 is 1.03 bits per heavy atom. The van der Waals surface area contributed by atoms with Gasteiger partial charge in [-0.3, -0.25) is 14.4 Å². The van der Waals surface area contributed by atoms with Gasteiger partial charge in [-0.25, -0.2) is 0 Å². The molecule has 0 aliphatic heterocycles. The lowest BCUT2D eigenvalue weighted by molar-refractivity contribution is -0.130. The third-order valence-corrected chi connectivity index (χ3v) is 9.67. The Labute approximate surface area is 215 Å². The van der Waals surface area contributed by atoms with Gasteiger partial charge >= 0.3 is 6.18 Å².